The number of nitrogens with one attached hydrogen (secondary N) is 1. The normalized spacial score (nSPS) is 11.2. The van der Waals surface area contributed by atoms with Gasteiger partial charge < -0.3 is 4.98 Å². The van der Waals surface area contributed by atoms with E-state index in [0.717, 1.165) is 0 Å². The molecule has 0 saturated heterocycles. The van der Waals surface area contributed by atoms with Gasteiger partial charge in [-0.1, -0.05) is 35.3 Å². The molecule has 3 aromatic rings. The van der Waals surface area contributed by atoms with Gasteiger partial charge in [0.25, 0.3) is 0 Å². The number of aryl methyl sites for hydroxylation is 1. The van der Waals surface area contributed by atoms with Crippen LogP contribution in [0.5, 0.6) is 0 Å². The van der Waals surface area contributed by atoms with E-state index in [-0.39, 0.29) is 11.0 Å². The molecule has 2 aromatic heterocycles. The van der Waals surface area contributed by atoms with Gasteiger partial charge >= 0.3 is 0 Å². The van der Waals surface area contributed by atoms with E-state index in [1.54, 1.807) is 31.2 Å². The molecule has 3 rings (SSSR count). The first-order chi connectivity index (χ1) is 9.06. The van der Waals surface area contributed by atoms with Crippen LogP contribution in [0, 0.1) is 12.7 Å². The van der Waals surface area contributed by atoms with Crippen LogP contribution in [0.2, 0.25) is 10.2 Å². The number of hydrogen-bond acceptors (Lipinski definition) is 2. The first-order valence-electron chi connectivity index (χ1n) is 5.53. The van der Waals surface area contributed by atoms with Gasteiger partial charge in [0, 0.05) is 0 Å². The topological polar surface area (TPSA) is 41.6 Å². The average Bonchev–Trinajstić information content (AvgIpc) is 2.76. The van der Waals surface area contributed by atoms with Crippen LogP contribution in [0.25, 0.3) is 22.6 Å². The van der Waals surface area contributed by atoms with Gasteiger partial charge in [0.05, 0.1) is 16.1 Å². The lowest BCUT2D eigenvalue weighted by Crippen LogP contribution is -1.89. The molecule has 6 heteroatoms. The SMILES string of the molecule is Cc1cccc(-c2nc3nc(Cl)c(Cl)cc3[nH]2)c1F. The molecule has 3 nitrogen and oxygen atoms in total. The Morgan fingerprint density at radius 3 is 2.79 bits per heavy atom. The maximum atomic E-state index is 14.0. The molecule has 19 heavy (non-hydrogen) atoms. The summed E-state index contributed by atoms with van der Waals surface area (Å²) in [7, 11) is 0. The lowest BCUT2D eigenvalue weighted by Gasteiger charge is -2.01. The molecule has 2 heterocycles. The maximum absolute atomic E-state index is 14.0. The summed E-state index contributed by atoms with van der Waals surface area (Å²) >= 11 is 11.7. The summed E-state index contributed by atoms with van der Waals surface area (Å²) in [6.45, 7) is 1.70. The molecule has 0 saturated carbocycles. The third-order valence-electron chi connectivity index (χ3n) is 2.83. The molecule has 0 bridgehead atoms. The van der Waals surface area contributed by atoms with Crippen LogP contribution in [0.4, 0.5) is 4.39 Å². The van der Waals surface area contributed by atoms with Crippen LogP contribution < -0.4 is 0 Å². The molecule has 0 fully saturated rings. The van der Waals surface area contributed by atoms with Crippen LogP contribution in [0.3, 0.4) is 0 Å². The summed E-state index contributed by atoms with van der Waals surface area (Å²) in [6, 6.07) is 6.75. The highest BCUT2D eigenvalue weighted by Gasteiger charge is 2.13. The smallest absolute Gasteiger partial charge is 0.179 e. The molecule has 0 spiro atoms. The molecule has 0 unspecified atom stereocenters. The first-order valence-corrected chi connectivity index (χ1v) is 6.29. The number of imidazole rings is 1. The van der Waals surface area contributed by atoms with Crippen molar-refractivity contribution in [2.24, 2.45) is 0 Å². The van der Waals surface area contributed by atoms with Crippen LogP contribution in [0.15, 0.2) is 24.3 Å². The minimum Gasteiger partial charge on any atom is -0.336 e. The van der Waals surface area contributed by atoms with E-state index in [0.29, 0.717) is 33.1 Å². The number of H-pyrrole nitrogens is 1. The number of halogens is 3. The molecular weight excluding hydrogens is 288 g/mol. The second-order valence-electron chi connectivity index (χ2n) is 4.15. The average molecular weight is 296 g/mol. The fourth-order valence-corrected chi connectivity index (χ4v) is 2.14. The Bertz CT molecular complexity index is 744. The minimum absolute atomic E-state index is 0.178. The number of fused-ring (bicyclic) bond motifs is 1. The van der Waals surface area contributed by atoms with E-state index in [9.17, 15) is 4.39 Å². The highest BCUT2D eigenvalue weighted by molar-refractivity contribution is 6.41. The summed E-state index contributed by atoms with van der Waals surface area (Å²) in [5, 5.41) is 0.506. The van der Waals surface area contributed by atoms with E-state index in [1.807, 2.05) is 0 Å². The van der Waals surface area contributed by atoms with Crippen LogP contribution in [0.1, 0.15) is 5.56 Å². The number of rotatable bonds is 1. The maximum Gasteiger partial charge on any atom is 0.179 e. The van der Waals surface area contributed by atoms with E-state index in [1.165, 1.54) is 0 Å². The first kappa shape index (κ1) is 12.4. The molecular formula is C13H8Cl2FN3. The Balaban J connectivity index is 2.23. The summed E-state index contributed by atoms with van der Waals surface area (Å²) in [5.74, 6) is 0.0979. The Kier molecular flexibility index (Phi) is 2.92. The Morgan fingerprint density at radius 1 is 1.21 bits per heavy atom. The second-order valence-corrected chi connectivity index (χ2v) is 4.92. The zero-order valence-electron chi connectivity index (χ0n) is 9.84. The van der Waals surface area contributed by atoms with Crippen molar-refractivity contribution in [3.8, 4) is 11.4 Å². The molecule has 0 amide bonds. The molecule has 1 N–H and O–H groups in total. The van der Waals surface area contributed by atoms with Gasteiger partial charge in [0.15, 0.2) is 5.65 Å². The second kappa shape index (κ2) is 4.47. The molecule has 0 atom stereocenters. The van der Waals surface area contributed by atoms with Gasteiger partial charge in [-0.3, -0.25) is 0 Å². The molecule has 0 aliphatic carbocycles. The number of nitrogens with zero attached hydrogens (tertiary/aromatic N) is 2. The van der Waals surface area contributed by atoms with Gasteiger partial charge in [0.2, 0.25) is 0 Å². The third-order valence-corrected chi connectivity index (χ3v) is 3.50. The summed E-state index contributed by atoms with van der Waals surface area (Å²) in [5.41, 5.74) is 1.97. The predicted molar refractivity (Wildman–Crippen MR) is 74.0 cm³/mol. The number of hydrogen-bond donors (Lipinski definition) is 1. The zero-order chi connectivity index (χ0) is 13.6. The lowest BCUT2D eigenvalue weighted by molar-refractivity contribution is 0.621. The lowest BCUT2D eigenvalue weighted by atomic mass is 10.1. The standard InChI is InChI=1S/C13H8Cl2FN3/c1-6-3-2-4-7(10(6)16)12-17-9-5-8(14)11(15)18-13(9)19-12/h2-5H,1H3,(H,17,18,19). The largest absolute Gasteiger partial charge is 0.336 e. The molecule has 0 aliphatic rings. The fourth-order valence-electron chi connectivity index (χ4n) is 1.85. The molecule has 0 radical (unpaired) electrons. The number of aromatic amines is 1. The summed E-state index contributed by atoms with van der Waals surface area (Å²) < 4.78 is 14.0. The van der Waals surface area contributed by atoms with Gasteiger partial charge in [-0.2, -0.15) is 0 Å². The van der Waals surface area contributed by atoms with Crippen LogP contribution in [-0.2, 0) is 0 Å². The molecule has 96 valence electrons. The van der Waals surface area contributed by atoms with Crippen molar-refractivity contribution in [2.45, 2.75) is 6.92 Å². The van der Waals surface area contributed by atoms with Gasteiger partial charge in [-0.25, -0.2) is 14.4 Å². The number of pyridine rings is 1. The van der Waals surface area contributed by atoms with Gasteiger partial charge in [0.1, 0.15) is 16.8 Å². The molecule has 0 aliphatic heterocycles. The monoisotopic (exact) mass is 295 g/mol. The predicted octanol–water partition coefficient (Wildman–Crippen LogP) is 4.38. The van der Waals surface area contributed by atoms with E-state index < -0.39 is 0 Å². The van der Waals surface area contributed by atoms with Crippen molar-refractivity contribution < 1.29 is 4.39 Å². The number of aromatic nitrogens is 3. The third kappa shape index (κ3) is 2.07. The van der Waals surface area contributed by atoms with Crippen molar-refractivity contribution in [3.63, 3.8) is 0 Å². The highest BCUT2D eigenvalue weighted by Crippen LogP contribution is 2.27. The fraction of sp³-hybridized carbons (Fsp3) is 0.0769. The minimum atomic E-state index is -0.307. The van der Waals surface area contributed by atoms with Crippen molar-refractivity contribution in [3.05, 3.63) is 45.8 Å². The van der Waals surface area contributed by atoms with E-state index >= 15 is 0 Å². The van der Waals surface area contributed by atoms with Crippen molar-refractivity contribution in [1.82, 2.24) is 15.0 Å². The van der Waals surface area contributed by atoms with E-state index in [4.69, 9.17) is 23.2 Å². The Morgan fingerprint density at radius 2 is 2.00 bits per heavy atom. The zero-order valence-corrected chi connectivity index (χ0v) is 11.3. The number of benzene rings is 1. The summed E-state index contributed by atoms with van der Waals surface area (Å²) in [4.78, 5) is 11.3. The van der Waals surface area contributed by atoms with Crippen molar-refractivity contribution in [1.29, 1.82) is 0 Å². The van der Waals surface area contributed by atoms with Crippen molar-refractivity contribution in [2.75, 3.05) is 0 Å². The van der Waals surface area contributed by atoms with Crippen molar-refractivity contribution >= 4 is 34.4 Å². The Labute approximate surface area is 118 Å². The van der Waals surface area contributed by atoms with E-state index in [2.05, 4.69) is 15.0 Å². The molecule has 1 aromatic carbocycles. The quantitative estimate of drug-likeness (QED) is 0.677. The van der Waals surface area contributed by atoms with Crippen LogP contribution >= 0.6 is 23.2 Å². The van der Waals surface area contributed by atoms with Crippen LogP contribution in [-0.4, -0.2) is 15.0 Å². The van der Waals surface area contributed by atoms with Gasteiger partial charge in [-0.15, -0.1) is 0 Å². The summed E-state index contributed by atoms with van der Waals surface area (Å²) in [6.07, 6.45) is 0. The highest BCUT2D eigenvalue weighted by atomic mass is 35.5. The Hall–Kier alpha value is -1.65. The van der Waals surface area contributed by atoms with Gasteiger partial charge in [-0.05, 0) is 24.6 Å².